The lowest BCUT2D eigenvalue weighted by Crippen LogP contribution is -2.35. The van der Waals surface area contributed by atoms with E-state index in [9.17, 15) is 4.79 Å². The van der Waals surface area contributed by atoms with Gasteiger partial charge in [-0.05, 0) is 44.1 Å². The van der Waals surface area contributed by atoms with Crippen LogP contribution in [-0.2, 0) is 0 Å². The van der Waals surface area contributed by atoms with Crippen LogP contribution in [0.4, 0.5) is 5.82 Å². The summed E-state index contributed by atoms with van der Waals surface area (Å²) in [6.07, 6.45) is 7.36. The number of amides is 1. The number of carbonyl (C=O) groups excluding carboxylic acids is 1. The number of rotatable bonds is 7. The van der Waals surface area contributed by atoms with Crippen LogP contribution >= 0.6 is 11.6 Å². The van der Waals surface area contributed by atoms with Crippen molar-refractivity contribution in [1.29, 1.82) is 0 Å². The Morgan fingerprint density at radius 3 is 2.81 bits per heavy atom. The van der Waals surface area contributed by atoms with E-state index in [2.05, 4.69) is 17.2 Å². The fourth-order valence-electron chi connectivity index (χ4n) is 2.47. The molecule has 5 heteroatoms. The van der Waals surface area contributed by atoms with E-state index in [-0.39, 0.29) is 5.91 Å². The molecule has 0 radical (unpaired) electrons. The van der Waals surface area contributed by atoms with Crippen molar-refractivity contribution in [3.63, 3.8) is 0 Å². The van der Waals surface area contributed by atoms with Crippen LogP contribution in [0.3, 0.4) is 0 Å². The van der Waals surface area contributed by atoms with Crippen molar-refractivity contribution < 1.29 is 4.79 Å². The van der Waals surface area contributed by atoms with Crippen molar-refractivity contribution in [3.8, 4) is 0 Å². The molecule has 2 aliphatic carbocycles. The van der Waals surface area contributed by atoms with Gasteiger partial charge in [0.15, 0.2) is 0 Å². The lowest BCUT2D eigenvalue weighted by Gasteiger charge is -2.23. The van der Waals surface area contributed by atoms with Crippen LogP contribution in [0.5, 0.6) is 0 Å². The van der Waals surface area contributed by atoms with Crippen molar-refractivity contribution in [2.75, 3.05) is 18.4 Å². The Labute approximate surface area is 130 Å². The molecule has 4 nitrogen and oxygen atoms in total. The average molecular weight is 308 g/mol. The molecule has 2 saturated carbocycles. The molecule has 1 N–H and O–H groups in total. The van der Waals surface area contributed by atoms with E-state index in [1.54, 1.807) is 12.3 Å². The number of nitrogens with zero attached hydrogens (tertiary/aromatic N) is 2. The number of hydrogen-bond donors (Lipinski definition) is 1. The quantitative estimate of drug-likeness (QED) is 0.837. The molecule has 3 rings (SSSR count). The summed E-state index contributed by atoms with van der Waals surface area (Å²) in [5, 5.41) is 3.66. The first-order chi connectivity index (χ1) is 10.2. The Kier molecular flexibility index (Phi) is 4.34. The lowest BCUT2D eigenvalue weighted by molar-refractivity contribution is 0.0735. The molecule has 0 saturated heterocycles. The van der Waals surface area contributed by atoms with Crippen LogP contribution in [0.1, 0.15) is 49.4 Å². The second-order valence-electron chi connectivity index (χ2n) is 6.11. The minimum Gasteiger partial charge on any atom is -0.370 e. The van der Waals surface area contributed by atoms with Crippen molar-refractivity contribution >= 4 is 23.3 Å². The van der Waals surface area contributed by atoms with Crippen LogP contribution in [0.15, 0.2) is 12.3 Å². The first-order valence-electron chi connectivity index (χ1n) is 7.89. The Morgan fingerprint density at radius 1 is 1.43 bits per heavy atom. The molecule has 21 heavy (non-hydrogen) atoms. The summed E-state index contributed by atoms with van der Waals surface area (Å²) >= 11 is 6.21. The lowest BCUT2D eigenvalue weighted by atomic mass is 10.2. The molecule has 0 spiro atoms. The van der Waals surface area contributed by atoms with Gasteiger partial charge in [-0.25, -0.2) is 4.98 Å². The van der Waals surface area contributed by atoms with E-state index in [1.165, 1.54) is 12.8 Å². The molecule has 2 aliphatic rings. The third-order valence-corrected chi connectivity index (χ3v) is 4.34. The Morgan fingerprint density at radius 2 is 2.19 bits per heavy atom. The summed E-state index contributed by atoms with van der Waals surface area (Å²) in [6.45, 7) is 3.83. The minimum atomic E-state index is 0.0661. The predicted molar refractivity (Wildman–Crippen MR) is 84.8 cm³/mol. The summed E-state index contributed by atoms with van der Waals surface area (Å²) in [5.41, 5.74) is 0.581. The van der Waals surface area contributed by atoms with Gasteiger partial charge in [-0.3, -0.25) is 4.79 Å². The number of anilines is 1. The van der Waals surface area contributed by atoms with Gasteiger partial charge in [0, 0.05) is 25.3 Å². The first-order valence-corrected chi connectivity index (χ1v) is 8.27. The van der Waals surface area contributed by atoms with E-state index in [4.69, 9.17) is 11.6 Å². The molecule has 0 aromatic carbocycles. The van der Waals surface area contributed by atoms with Crippen molar-refractivity contribution in [2.45, 2.75) is 45.1 Å². The van der Waals surface area contributed by atoms with Gasteiger partial charge in [0.1, 0.15) is 5.82 Å². The molecule has 114 valence electrons. The number of halogens is 1. The minimum absolute atomic E-state index is 0.0661. The number of pyridine rings is 1. The van der Waals surface area contributed by atoms with Gasteiger partial charge in [0.2, 0.25) is 0 Å². The molecule has 1 aromatic rings. The van der Waals surface area contributed by atoms with Gasteiger partial charge in [0.25, 0.3) is 5.91 Å². The molecule has 2 fully saturated rings. The summed E-state index contributed by atoms with van der Waals surface area (Å²) in [4.78, 5) is 19.1. The highest BCUT2D eigenvalue weighted by Crippen LogP contribution is 2.36. The number of aromatic nitrogens is 1. The van der Waals surface area contributed by atoms with Gasteiger partial charge >= 0.3 is 0 Å². The third-order valence-electron chi connectivity index (χ3n) is 4.04. The second-order valence-corrected chi connectivity index (χ2v) is 6.52. The van der Waals surface area contributed by atoms with Gasteiger partial charge in [-0.15, -0.1) is 0 Å². The maximum Gasteiger partial charge on any atom is 0.255 e. The number of nitrogens with one attached hydrogen (secondary N) is 1. The van der Waals surface area contributed by atoms with Crippen LogP contribution in [0.25, 0.3) is 0 Å². The third kappa shape index (κ3) is 3.67. The fraction of sp³-hybridized carbons (Fsp3) is 0.625. The average Bonchev–Trinajstić information content (AvgIpc) is 3.36. The van der Waals surface area contributed by atoms with E-state index in [0.29, 0.717) is 22.5 Å². The first kappa shape index (κ1) is 14.6. The van der Waals surface area contributed by atoms with E-state index < -0.39 is 0 Å². The summed E-state index contributed by atoms with van der Waals surface area (Å²) < 4.78 is 0. The van der Waals surface area contributed by atoms with Crippen LogP contribution < -0.4 is 5.32 Å². The highest BCUT2D eigenvalue weighted by molar-refractivity contribution is 6.33. The largest absolute Gasteiger partial charge is 0.370 e. The molecule has 0 unspecified atom stereocenters. The summed E-state index contributed by atoms with van der Waals surface area (Å²) in [6, 6.07) is 2.22. The second kappa shape index (κ2) is 6.22. The Hall–Kier alpha value is -1.29. The highest BCUT2D eigenvalue weighted by Gasteiger charge is 2.37. The van der Waals surface area contributed by atoms with Crippen molar-refractivity contribution in [1.82, 2.24) is 9.88 Å². The smallest absolute Gasteiger partial charge is 0.255 e. The number of hydrogen-bond acceptors (Lipinski definition) is 3. The molecule has 1 amide bonds. The van der Waals surface area contributed by atoms with E-state index >= 15 is 0 Å². The van der Waals surface area contributed by atoms with Crippen LogP contribution in [0, 0.1) is 5.92 Å². The van der Waals surface area contributed by atoms with Gasteiger partial charge < -0.3 is 10.2 Å². The molecule has 0 atom stereocenters. The zero-order chi connectivity index (χ0) is 14.8. The molecular weight excluding hydrogens is 286 g/mol. The summed E-state index contributed by atoms with van der Waals surface area (Å²) in [5.74, 6) is 1.50. The van der Waals surface area contributed by atoms with Gasteiger partial charge in [0.05, 0.1) is 10.6 Å². The van der Waals surface area contributed by atoms with E-state index in [0.717, 1.165) is 38.2 Å². The highest BCUT2D eigenvalue weighted by atomic mass is 35.5. The molecule has 0 aliphatic heterocycles. The number of carbonyl (C=O) groups is 1. The van der Waals surface area contributed by atoms with Crippen molar-refractivity contribution in [3.05, 3.63) is 22.8 Å². The van der Waals surface area contributed by atoms with Gasteiger partial charge in [-0.1, -0.05) is 18.5 Å². The zero-order valence-corrected chi connectivity index (χ0v) is 13.2. The topological polar surface area (TPSA) is 45.2 Å². The van der Waals surface area contributed by atoms with Gasteiger partial charge in [-0.2, -0.15) is 0 Å². The SMILES string of the molecule is CCCNc1cc(C(=O)N(CC2CC2)C2CC2)c(Cl)cn1. The zero-order valence-electron chi connectivity index (χ0n) is 12.4. The fourth-order valence-corrected chi connectivity index (χ4v) is 2.65. The van der Waals surface area contributed by atoms with E-state index in [1.807, 2.05) is 4.90 Å². The molecule has 0 bridgehead atoms. The maximum atomic E-state index is 12.8. The van der Waals surface area contributed by atoms with Crippen LogP contribution in [-0.4, -0.2) is 34.9 Å². The molecule has 1 heterocycles. The Bertz CT molecular complexity index is 526. The summed E-state index contributed by atoms with van der Waals surface area (Å²) in [7, 11) is 0. The van der Waals surface area contributed by atoms with Crippen LogP contribution in [0.2, 0.25) is 5.02 Å². The maximum absolute atomic E-state index is 12.8. The van der Waals surface area contributed by atoms with Crippen molar-refractivity contribution in [2.24, 2.45) is 5.92 Å². The predicted octanol–water partition coefficient (Wildman–Crippen LogP) is 3.57. The Balaban J connectivity index is 1.77. The standard InChI is InChI=1S/C16H22ClN3O/c1-2-7-18-15-8-13(14(17)9-19-15)16(21)20(12-5-6-12)10-11-3-4-11/h8-9,11-12H,2-7,10H2,1H3,(H,18,19). The normalized spacial score (nSPS) is 17.6. The molecule has 1 aromatic heterocycles. The molecular formula is C16H22ClN3O. The monoisotopic (exact) mass is 307 g/mol.